The highest BCUT2D eigenvalue weighted by Crippen LogP contribution is 2.34. The van der Waals surface area contributed by atoms with E-state index in [0.717, 1.165) is 66.0 Å². The Bertz CT molecular complexity index is 1390. The van der Waals surface area contributed by atoms with Gasteiger partial charge in [0.1, 0.15) is 24.7 Å². The summed E-state index contributed by atoms with van der Waals surface area (Å²) in [5, 5.41) is 3.15. The number of carbonyl (C=O) groups is 1. The van der Waals surface area contributed by atoms with Crippen LogP contribution in [0.2, 0.25) is 5.02 Å². The fourth-order valence-electron chi connectivity index (χ4n) is 4.80. The van der Waals surface area contributed by atoms with Crippen molar-refractivity contribution in [2.75, 3.05) is 33.4 Å². The molecular formula is C31H31ClF2N2O4. The summed E-state index contributed by atoms with van der Waals surface area (Å²) >= 11 is 5.70. The van der Waals surface area contributed by atoms with Crippen molar-refractivity contribution in [3.63, 3.8) is 0 Å². The Morgan fingerprint density at radius 2 is 1.80 bits per heavy atom. The summed E-state index contributed by atoms with van der Waals surface area (Å²) in [6.45, 7) is 1.87. The van der Waals surface area contributed by atoms with E-state index in [2.05, 4.69) is 5.32 Å². The first kappa shape index (κ1) is 27.9. The van der Waals surface area contributed by atoms with E-state index in [1.807, 2.05) is 53.4 Å². The molecule has 0 unspecified atom stereocenters. The fraction of sp³-hybridized carbons (Fsp3) is 0.323. The Labute approximate surface area is 237 Å². The highest BCUT2D eigenvalue weighted by atomic mass is 35.5. The summed E-state index contributed by atoms with van der Waals surface area (Å²) in [6, 6.07) is 17.8. The van der Waals surface area contributed by atoms with Crippen molar-refractivity contribution < 1.29 is 27.8 Å². The number of nitrogens with zero attached hydrogens (tertiary/aromatic N) is 1. The molecular weight excluding hydrogens is 538 g/mol. The summed E-state index contributed by atoms with van der Waals surface area (Å²) in [4.78, 5) is 15.8. The molecule has 0 aromatic heterocycles. The molecule has 6 nitrogen and oxygen atoms in total. The zero-order valence-electron chi connectivity index (χ0n) is 22.2. The van der Waals surface area contributed by atoms with E-state index in [1.54, 1.807) is 7.11 Å². The summed E-state index contributed by atoms with van der Waals surface area (Å²) in [6.07, 6.45) is 2.76. The topological polar surface area (TPSA) is 60.0 Å². The van der Waals surface area contributed by atoms with E-state index >= 15 is 0 Å². The van der Waals surface area contributed by atoms with Gasteiger partial charge in [0.15, 0.2) is 17.4 Å². The molecule has 0 radical (unpaired) electrons. The van der Waals surface area contributed by atoms with Crippen LogP contribution >= 0.6 is 11.6 Å². The number of hydrogen-bond acceptors (Lipinski definition) is 5. The lowest BCUT2D eigenvalue weighted by atomic mass is 9.93. The highest BCUT2D eigenvalue weighted by Gasteiger charge is 2.35. The number of amides is 1. The van der Waals surface area contributed by atoms with Crippen molar-refractivity contribution in [3.05, 3.63) is 94.0 Å². The molecule has 40 heavy (non-hydrogen) atoms. The van der Waals surface area contributed by atoms with Gasteiger partial charge in [0.25, 0.3) is 5.91 Å². The standard InChI is InChI=1S/C31H31ClF2N2O4/c1-38-24-4-2-3-20(17-24)19-36(22-7-8-22)31(37)26-18-35-14-13-25(26)21-5-9-23(10-6-21)39-15-16-40-30-28(33)12-11-27(32)29(30)34/h2-6,9-12,17,22,35H,7-8,13-16,18-19H2,1H3. The van der Waals surface area contributed by atoms with E-state index in [1.165, 1.54) is 0 Å². The molecule has 1 fully saturated rings. The Morgan fingerprint density at radius 1 is 1.02 bits per heavy atom. The molecule has 0 spiro atoms. The quantitative estimate of drug-likeness (QED) is 0.226. The van der Waals surface area contributed by atoms with Gasteiger partial charge >= 0.3 is 0 Å². The zero-order chi connectivity index (χ0) is 28.1. The molecule has 9 heteroatoms. The molecule has 0 saturated heterocycles. The van der Waals surface area contributed by atoms with Crippen LogP contribution in [0.3, 0.4) is 0 Å². The van der Waals surface area contributed by atoms with Gasteiger partial charge in [-0.05, 0) is 78.9 Å². The van der Waals surface area contributed by atoms with Crippen LogP contribution in [-0.2, 0) is 11.3 Å². The Balaban J connectivity index is 1.25. The van der Waals surface area contributed by atoms with Gasteiger partial charge in [0.2, 0.25) is 0 Å². The predicted octanol–water partition coefficient (Wildman–Crippen LogP) is 6.02. The average molecular weight is 569 g/mol. The van der Waals surface area contributed by atoms with Gasteiger partial charge in [0, 0.05) is 24.7 Å². The summed E-state index contributed by atoms with van der Waals surface area (Å²) in [7, 11) is 1.64. The Hall–Kier alpha value is -3.62. The Morgan fingerprint density at radius 3 is 2.55 bits per heavy atom. The molecule has 1 amide bonds. The molecule has 1 N–H and O–H groups in total. The number of carbonyl (C=O) groups excluding carboxylic acids is 1. The number of nitrogens with one attached hydrogen (secondary N) is 1. The summed E-state index contributed by atoms with van der Waals surface area (Å²) < 4.78 is 44.1. The molecule has 3 aromatic rings. The summed E-state index contributed by atoms with van der Waals surface area (Å²) in [5.41, 5.74) is 3.82. The van der Waals surface area contributed by atoms with Crippen LogP contribution in [0, 0.1) is 11.6 Å². The molecule has 3 aromatic carbocycles. The van der Waals surface area contributed by atoms with E-state index in [4.69, 9.17) is 25.8 Å². The van der Waals surface area contributed by atoms with Gasteiger partial charge < -0.3 is 24.4 Å². The number of rotatable bonds is 11. The molecule has 1 heterocycles. The van der Waals surface area contributed by atoms with E-state index in [9.17, 15) is 13.6 Å². The van der Waals surface area contributed by atoms with Crippen molar-refractivity contribution >= 4 is 23.1 Å². The van der Waals surface area contributed by atoms with Crippen LogP contribution in [0.15, 0.2) is 66.2 Å². The molecule has 1 aliphatic carbocycles. The minimum Gasteiger partial charge on any atom is -0.497 e. The van der Waals surface area contributed by atoms with Crippen molar-refractivity contribution in [1.29, 1.82) is 0 Å². The van der Waals surface area contributed by atoms with Crippen molar-refractivity contribution in [1.82, 2.24) is 10.2 Å². The number of ether oxygens (including phenoxy) is 3. The van der Waals surface area contributed by atoms with Gasteiger partial charge in [-0.15, -0.1) is 0 Å². The SMILES string of the molecule is COc1cccc(CN(C(=O)C2=C(c3ccc(OCCOc4c(F)ccc(Cl)c4F)cc3)CCNC2)C2CC2)c1. The van der Waals surface area contributed by atoms with Crippen molar-refractivity contribution in [3.8, 4) is 17.2 Å². The summed E-state index contributed by atoms with van der Waals surface area (Å²) in [5.74, 6) is -0.860. The second kappa shape index (κ2) is 12.7. The molecule has 210 valence electrons. The lowest BCUT2D eigenvalue weighted by Crippen LogP contribution is -2.39. The van der Waals surface area contributed by atoms with Crippen LogP contribution in [0.1, 0.15) is 30.4 Å². The van der Waals surface area contributed by atoms with E-state index < -0.39 is 17.4 Å². The lowest BCUT2D eigenvalue weighted by Gasteiger charge is -2.28. The number of methoxy groups -OCH3 is 1. The second-order valence-corrected chi connectivity index (χ2v) is 10.2. The largest absolute Gasteiger partial charge is 0.497 e. The van der Waals surface area contributed by atoms with Gasteiger partial charge in [-0.1, -0.05) is 35.9 Å². The number of hydrogen-bond donors (Lipinski definition) is 1. The van der Waals surface area contributed by atoms with E-state index in [-0.39, 0.29) is 30.2 Å². The predicted molar refractivity (Wildman–Crippen MR) is 150 cm³/mol. The molecule has 5 rings (SSSR count). The maximum atomic E-state index is 14.0. The van der Waals surface area contributed by atoms with Gasteiger partial charge in [-0.2, -0.15) is 0 Å². The molecule has 1 saturated carbocycles. The Kier molecular flexibility index (Phi) is 8.87. The fourth-order valence-corrected chi connectivity index (χ4v) is 4.95. The lowest BCUT2D eigenvalue weighted by molar-refractivity contribution is -0.128. The molecule has 0 bridgehead atoms. The first-order chi connectivity index (χ1) is 19.4. The van der Waals surface area contributed by atoms with Gasteiger partial charge in [-0.25, -0.2) is 8.78 Å². The van der Waals surface area contributed by atoms with Gasteiger partial charge in [0.05, 0.1) is 12.1 Å². The minimum absolute atomic E-state index is 0.0598. The normalized spacial score (nSPS) is 15.1. The van der Waals surface area contributed by atoms with Crippen molar-refractivity contribution in [2.24, 2.45) is 0 Å². The van der Waals surface area contributed by atoms with E-state index in [0.29, 0.717) is 18.8 Å². The third-order valence-corrected chi connectivity index (χ3v) is 7.31. The third-order valence-electron chi connectivity index (χ3n) is 7.01. The maximum Gasteiger partial charge on any atom is 0.251 e. The molecule has 1 aliphatic heterocycles. The number of halogens is 3. The second-order valence-electron chi connectivity index (χ2n) is 9.79. The van der Waals surface area contributed by atoms with Gasteiger partial charge in [-0.3, -0.25) is 4.79 Å². The molecule has 0 atom stereocenters. The van der Waals surface area contributed by atoms with Crippen LogP contribution < -0.4 is 19.5 Å². The number of benzene rings is 3. The first-order valence-electron chi connectivity index (χ1n) is 13.3. The first-order valence-corrected chi connectivity index (χ1v) is 13.7. The van der Waals surface area contributed by atoms with Crippen LogP contribution in [0.25, 0.3) is 5.57 Å². The maximum absolute atomic E-state index is 14.0. The average Bonchev–Trinajstić information content (AvgIpc) is 3.83. The van der Waals surface area contributed by atoms with Crippen LogP contribution in [0.4, 0.5) is 8.78 Å². The third kappa shape index (κ3) is 6.57. The molecule has 2 aliphatic rings. The van der Waals surface area contributed by atoms with Crippen molar-refractivity contribution in [2.45, 2.75) is 31.8 Å². The van der Waals surface area contributed by atoms with Crippen LogP contribution in [-0.4, -0.2) is 50.3 Å². The minimum atomic E-state index is -0.935. The monoisotopic (exact) mass is 568 g/mol. The smallest absolute Gasteiger partial charge is 0.251 e. The highest BCUT2D eigenvalue weighted by molar-refractivity contribution is 6.30. The van der Waals surface area contributed by atoms with Crippen LogP contribution in [0.5, 0.6) is 17.2 Å². The zero-order valence-corrected chi connectivity index (χ0v) is 23.0.